The Labute approximate surface area is 112 Å². The zero-order valence-electron chi connectivity index (χ0n) is 11.1. The van der Waals surface area contributed by atoms with E-state index in [-0.39, 0.29) is 0 Å². The van der Waals surface area contributed by atoms with Crippen LogP contribution in [0.4, 0.5) is 5.82 Å². The van der Waals surface area contributed by atoms with E-state index < -0.39 is 5.91 Å². The molecule has 0 atom stereocenters. The Morgan fingerprint density at radius 2 is 2.21 bits per heavy atom. The monoisotopic (exact) mass is 264 g/mol. The molecule has 1 fully saturated rings. The number of carbonyl (C=O) groups excluding carboxylic acids is 1. The van der Waals surface area contributed by atoms with Crippen molar-refractivity contribution in [3.05, 3.63) is 18.1 Å². The van der Waals surface area contributed by atoms with Gasteiger partial charge in [0.15, 0.2) is 0 Å². The Morgan fingerprint density at radius 1 is 1.47 bits per heavy atom. The van der Waals surface area contributed by atoms with Gasteiger partial charge in [-0.1, -0.05) is 0 Å². The number of carbonyl (C=O) groups is 1. The Hall–Kier alpha value is -1.69. The molecule has 0 spiro atoms. The van der Waals surface area contributed by atoms with E-state index in [9.17, 15) is 4.79 Å². The van der Waals surface area contributed by atoms with Crippen LogP contribution in [0.2, 0.25) is 0 Å². The van der Waals surface area contributed by atoms with E-state index in [0.29, 0.717) is 23.3 Å². The Kier molecular flexibility index (Phi) is 4.68. The lowest BCUT2D eigenvalue weighted by atomic mass is 9.86. The molecule has 1 aromatic heterocycles. The molecular formula is C13H20N4O2. The van der Waals surface area contributed by atoms with Crippen molar-refractivity contribution in [1.82, 2.24) is 9.97 Å². The largest absolute Gasteiger partial charge is 0.384 e. The van der Waals surface area contributed by atoms with E-state index in [4.69, 9.17) is 10.5 Å². The number of ether oxygens (including phenoxy) is 1. The van der Waals surface area contributed by atoms with E-state index in [0.717, 1.165) is 32.3 Å². The fourth-order valence-electron chi connectivity index (χ4n) is 2.53. The SMILES string of the molecule is COCC1CCC(Nc2ncncc2C(N)=O)CC1. The molecular weight excluding hydrogens is 244 g/mol. The lowest BCUT2D eigenvalue weighted by Crippen LogP contribution is -2.29. The lowest BCUT2D eigenvalue weighted by molar-refractivity contribution is 0.100. The maximum Gasteiger partial charge on any atom is 0.254 e. The van der Waals surface area contributed by atoms with Crippen molar-refractivity contribution in [1.29, 1.82) is 0 Å². The minimum Gasteiger partial charge on any atom is -0.384 e. The summed E-state index contributed by atoms with van der Waals surface area (Å²) >= 11 is 0. The third-order valence-electron chi connectivity index (χ3n) is 3.57. The van der Waals surface area contributed by atoms with Gasteiger partial charge >= 0.3 is 0 Å². The maximum absolute atomic E-state index is 11.3. The number of primary amides is 1. The molecule has 104 valence electrons. The highest BCUT2D eigenvalue weighted by Gasteiger charge is 2.22. The van der Waals surface area contributed by atoms with Gasteiger partial charge in [0.1, 0.15) is 12.1 Å². The van der Waals surface area contributed by atoms with Gasteiger partial charge in [-0.25, -0.2) is 9.97 Å². The van der Waals surface area contributed by atoms with Crippen LogP contribution in [0.5, 0.6) is 0 Å². The van der Waals surface area contributed by atoms with Crippen molar-refractivity contribution in [3.8, 4) is 0 Å². The van der Waals surface area contributed by atoms with Crippen molar-refractivity contribution in [2.75, 3.05) is 19.0 Å². The van der Waals surface area contributed by atoms with Crippen LogP contribution >= 0.6 is 0 Å². The van der Waals surface area contributed by atoms with Gasteiger partial charge in [0.05, 0.1) is 5.56 Å². The molecule has 0 radical (unpaired) electrons. The highest BCUT2D eigenvalue weighted by molar-refractivity contribution is 5.97. The summed E-state index contributed by atoms with van der Waals surface area (Å²) in [6.07, 6.45) is 7.23. The summed E-state index contributed by atoms with van der Waals surface area (Å²) in [6, 6.07) is 0.334. The number of nitrogens with zero attached hydrogens (tertiary/aromatic N) is 2. The summed E-state index contributed by atoms with van der Waals surface area (Å²) in [5.74, 6) is 0.679. The Balaban J connectivity index is 1.94. The fourth-order valence-corrected chi connectivity index (χ4v) is 2.53. The fraction of sp³-hybridized carbons (Fsp3) is 0.615. The number of rotatable bonds is 5. The first-order valence-electron chi connectivity index (χ1n) is 6.56. The minimum absolute atomic E-state index is 0.334. The Morgan fingerprint density at radius 3 is 2.84 bits per heavy atom. The van der Waals surface area contributed by atoms with Crippen LogP contribution in [0, 0.1) is 5.92 Å². The van der Waals surface area contributed by atoms with E-state index in [2.05, 4.69) is 15.3 Å². The summed E-state index contributed by atoms with van der Waals surface area (Å²) < 4.78 is 5.18. The molecule has 0 unspecified atom stereocenters. The van der Waals surface area contributed by atoms with Gasteiger partial charge in [-0.05, 0) is 31.6 Å². The molecule has 0 aromatic carbocycles. The zero-order chi connectivity index (χ0) is 13.7. The minimum atomic E-state index is -0.504. The predicted octanol–water partition coefficient (Wildman–Crippen LogP) is 1.19. The smallest absolute Gasteiger partial charge is 0.254 e. The molecule has 19 heavy (non-hydrogen) atoms. The molecule has 1 saturated carbocycles. The van der Waals surface area contributed by atoms with E-state index in [1.165, 1.54) is 12.5 Å². The molecule has 6 nitrogen and oxygen atoms in total. The van der Waals surface area contributed by atoms with Crippen LogP contribution in [-0.2, 0) is 4.74 Å². The van der Waals surface area contributed by atoms with Crippen LogP contribution in [0.3, 0.4) is 0 Å². The van der Waals surface area contributed by atoms with Gasteiger partial charge in [-0.3, -0.25) is 4.79 Å². The van der Waals surface area contributed by atoms with Gasteiger partial charge in [-0.15, -0.1) is 0 Å². The van der Waals surface area contributed by atoms with Gasteiger partial charge < -0.3 is 15.8 Å². The lowest BCUT2D eigenvalue weighted by Gasteiger charge is -2.29. The molecule has 1 aliphatic rings. The Bertz CT molecular complexity index is 430. The van der Waals surface area contributed by atoms with Crippen LogP contribution in [-0.4, -0.2) is 35.6 Å². The van der Waals surface area contributed by atoms with Gasteiger partial charge in [0, 0.05) is 26.0 Å². The number of nitrogens with one attached hydrogen (secondary N) is 1. The number of nitrogens with two attached hydrogens (primary N) is 1. The summed E-state index contributed by atoms with van der Waals surface area (Å²) in [4.78, 5) is 19.2. The summed E-state index contributed by atoms with van der Waals surface area (Å²) in [6.45, 7) is 0.826. The number of methoxy groups -OCH3 is 1. The standard InChI is InChI=1S/C13H20N4O2/c1-19-7-9-2-4-10(5-3-9)17-13-11(12(14)18)6-15-8-16-13/h6,8-10H,2-5,7H2,1H3,(H2,14,18)(H,15,16,17). The second kappa shape index (κ2) is 6.47. The highest BCUT2D eigenvalue weighted by atomic mass is 16.5. The van der Waals surface area contributed by atoms with Crippen molar-refractivity contribution in [2.24, 2.45) is 11.7 Å². The summed E-state index contributed by atoms with van der Waals surface area (Å²) in [5.41, 5.74) is 5.65. The molecule has 1 aliphatic carbocycles. The molecule has 1 aromatic rings. The van der Waals surface area contributed by atoms with Crippen molar-refractivity contribution < 1.29 is 9.53 Å². The van der Waals surface area contributed by atoms with Crippen LogP contribution in [0.25, 0.3) is 0 Å². The predicted molar refractivity (Wildman–Crippen MR) is 71.8 cm³/mol. The van der Waals surface area contributed by atoms with Crippen molar-refractivity contribution >= 4 is 11.7 Å². The van der Waals surface area contributed by atoms with Crippen LogP contribution in [0.1, 0.15) is 36.0 Å². The number of anilines is 1. The first-order chi connectivity index (χ1) is 9.20. The van der Waals surface area contributed by atoms with Gasteiger partial charge in [0.25, 0.3) is 5.91 Å². The second-order valence-electron chi connectivity index (χ2n) is 4.97. The normalized spacial score (nSPS) is 23.0. The average molecular weight is 264 g/mol. The van der Waals surface area contributed by atoms with Crippen LogP contribution < -0.4 is 11.1 Å². The molecule has 3 N–H and O–H groups in total. The maximum atomic E-state index is 11.3. The number of hydrogen-bond donors (Lipinski definition) is 2. The number of amides is 1. The van der Waals surface area contributed by atoms with E-state index in [1.807, 2.05) is 0 Å². The average Bonchev–Trinajstić information content (AvgIpc) is 2.42. The topological polar surface area (TPSA) is 90.1 Å². The second-order valence-corrected chi connectivity index (χ2v) is 4.97. The van der Waals surface area contributed by atoms with Crippen molar-refractivity contribution in [3.63, 3.8) is 0 Å². The molecule has 0 aliphatic heterocycles. The molecule has 6 heteroatoms. The van der Waals surface area contributed by atoms with Gasteiger partial charge in [-0.2, -0.15) is 0 Å². The zero-order valence-corrected chi connectivity index (χ0v) is 11.1. The first kappa shape index (κ1) is 13.7. The third-order valence-corrected chi connectivity index (χ3v) is 3.57. The van der Waals surface area contributed by atoms with Crippen LogP contribution in [0.15, 0.2) is 12.5 Å². The van der Waals surface area contributed by atoms with Gasteiger partial charge in [0.2, 0.25) is 0 Å². The summed E-state index contributed by atoms with van der Waals surface area (Å²) in [7, 11) is 1.74. The highest BCUT2D eigenvalue weighted by Crippen LogP contribution is 2.26. The molecule has 1 amide bonds. The number of hydrogen-bond acceptors (Lipinski definition) is 5. The quantitative estimate of drug-likeness (QED) is 0.833. The van der Waals surface area contributed by atoms with E-state index >= 15 is 0 Å². The molecule has 1 heterocycles. The summed E-state index contributed by atoms with van der Waals surface area (Å²) in [5, 5.41) is 3.30. The molecule has 2 rings (SSSR count). The first-order valence-corrected chi connectivity index (χ1v) is 6.56. The van der Waals surface area contributed by atoms with Crippen molar-refractivity contribution in [2.45, 2.75) is 31.7 Å². The molecule has 0 bridgehead atoms. The molecule has 0 saturated heterocycles. The third kappa shape index (κ3) is 3.64. The number of aromatic nitrogens is 2. The van der Waals surface area contributed by atoms with E-state index in [1.54, 1.807) is 7.11 Å².